The number of benzene rings is 1. The maximum absolute atomic E-state index is 13.7. The lowest BCUT2D eigenvalue weighted by Crippen LogP contribution is -2.39. The summed E-state index contributed by atoms with van der Waals surface area (Å²) in [4.78, 5) is 23.2. The Morgan fingerprint density at radius 1 is 1.12 bits per heavy atom. The highest BCUT2D eigenvalue weighted by Gasteiger charge is 2.11. The van der Waals surface area contributed by atoms with E-state index >= 15 is 0 Å². The van der Waals surface area contributed by atoms with Gasteiger partial charge in [0.2, 0.25) is 11.8 Å². The molecule has 2 N–H and O–H groups in total. The monoisotopic (exact) mass is 332 g/mol. The van der Waals surface area contributed by atoms with E-state index < -0.39 is 0 Å². The van der Waals surface area contributed by atoms with E-state index in [9.17, 15) is 14.0 Å². The van der Waals surface area contributed by atoms with Crippen LogP contribution in [-0.4, -0.2) is 24.4 Å². The fourth-order valence-electron chi connectivity index (χ4n) is 2.20. The number of hydrogen-bond acceptors (Lipinski definition) is 3. The molecule has 1 aromatic heterocycles. The summed E-state index contributed by atoms with van der Waals surface area (Å²) in [6, 6.07) is 9.79. The third-order valence-corrected chi connectivity index (χ3v) is 3.30. The van der Waals surface area contributed by atoms with Gasteiger partial charge in [-0.2, -0.15) is 0 Å². The molecule has 0 atom stereocenters. The zero-order chi connectivity index (χ0) is 17.5. The van der Waals surface area contributed by atoms with Gasteiger partial charge in [0, 0.05) is 18.9 Å². The maximum atomic E-state index is 13.7. The summed E-state index contributed by atoms with van der Waals surface area (Å²) in [7, 11) is 0. The molecule has 0 aliphatic rings. The van der Waals surface area contributed by atoms with Crippen molar-refractivity contribution >= 4 is 11.8 Å². The van der Waals surface area contributed by atoms with E-state index in [1.54, 1.807) is 30.3 Å². The molecule has 0 aliphatic heterocycles. The average Bonchev–Trinajstić information content (AvgIpc) is 2.99. The molecule has 0 radical (unpaired) electrons. The predicted molar refractivity (Wildman–Crippen MR) is 88.7 cm³/mol. The van der Waals surface area contributed by atoms with Crippen LogP contribution in [0.2, 0.25) is 0 Å². The molecule has 0 aliphatic carbocycles. The van der Waals surface area contributed by atoms with Gasteiger partial charge in [0.05, 0.1) is 12.1 Å². The van der Waals surface area contributed by atoms with Gasteiger partial charge in [-0.3, -0.25) is 9.59 Å². The van der Waals surface area contributed by atoms with Crippen LogP contribution >= 0.6 is 0 Å². The van der Waals surface area contributed by atoms with Crippen LogP contribution in [0.5, 0.6) is 0 Å². The second-order valence-corrected chi connectivity index (χ2v) is 5.74. The van der Waals surface area contributed by atoms with Crippen LogP contribution in [0, 0.1) is 5.82 Å². The Bertz CT molecular complexity index is 710. The van der Waals surface area contributed by atoms with E-state index in [2.05, 4.69) is 10.6 Å². The highest BCUT2D eigenvalue weighted by Crippen LogP contribution is 2.25. The zero-order valence-electron chi connectivity index (χ0n) is 13.8. The van der Waals surface area contributed by atoms with E-state index in [0.717, 1.165) is 0 Å². The first kappa shape index (κ1) is 17.7. The number of amides is 2. The Kier molecular flexibility index (Phi) is 6.12. The lowest BCUT2D eigenvalue weighted by Gasteiger charge is -2.08. The number of furan rings is 1. The van der Waals surface area contributed by atoms with Gasteiger partial charge in [0.15, 0.2) is 0 Å². The van der Waals surface area contributed by atoms with Crippen LogP contribution in [0.1, 0.15) is 26.0 Å². The van der Waals surface area contributed by atoms with Crippen molar-refractivity contribution in [3.8, 4) is 11.3 Å². The second kappa shape index (κ2) is 8.29. The number of halogens is 1. The summed E-state index contributed by atoms with van der Waals surface area (Å²) < 4.78 is 19.3. The number of carbonyl (C=O) groups is 2. The maximum Gasteiger partial charge on any atom is 0.239 e. The van der Waals surface area contributed by atoms with Crippen molar-refractivity contribution in [2.24, 2.45) is 0 Å². The van der Waals surface area contributed by atoms with E-state index in [1.165, 1.54) is 6.07 Å². The molecule has 128 valence electrons. The Morgan fingerprint density at radius 2 is 1.88 bits per heavy atom. The number of hydrogen-bond donors (Lipinski definition) is 2. The van der Waals surface area contributed by atoms with E-state index in [4.69, 9.17) is 4.42 Å². The van der Waals surface area contributed by atoms with Crippen molar-refractivity contribution in [3.05, 3.63) is 48.0 Å². The summed E-state index contributed by atoms with van der Waals surface area (Å²) in [6.07, 6.45) is 0.575. The van der Waals surface area contributed by atoms with Crippen LogP contribution < -0.4 is 10.6 Å². The summed E-state index contributed by atoms with van der Waals surface area (Å²) >= 11 is 0. The molecular formula is C18H21FN2O3. The van der Waals surface area contributed by atoms with Crippen LogP contribution in [0.3, 0.4) is 0 Å². The van der Waals surface area contributed by atoms with Crippen molar-refractivity contribution in [2.75, 3.05) is 6.54 Å². The number of aryl methyl sites for hydroxylation is 1. The largest absolute Gasteiger partial charge is 0.461 e. The molecule has 0 saturated carbocycles. The second-order valence-electron chi connectivity index (χ2n) is 5.74. The molecule has 0 unspecified atom stereocenters. The first-order chi connectivity index (χ1) is 11.5. The predicted octanol–water partition coefficient (Wildman–Crippen LogP) is 2.66. The van der Waals surface area contributed by atoms with Gasteiger partial charge >= 0.3 is 0 Å². The number of carbonyl (C=O) groups excluding carboxylic acids is 2. The highest BCUT2D eigenvalue weighted by atomic mass is 19.1. The topological polar surface area (TPSA) is 71.3 Å². The van der Waals surface area contributed by atoms with Crippen molar-refractivity contribution in [3.63, 3.8) is 0 Å². The van der Waals surface area contributed by atoms with Crippen LogP contribution in [0.4, 0.5) is 4.39 Å². The Morgan fingerprint density at radius 3 is 2.58 bits per heavy atom. The molecule has 6 heteroatoms. The smallest absolute Gasteiger partial charge is 0.239 e. The molecule has 2 aromatic rings. The van der Waals surface area contributed by atoms with Crippen LogP contribution in [-0.2, 0) is 16.0 Å². The van der Waals surface area contributed by atoms with Gasteiger partial charge in [-0.1, -0.05) is 12.1 Å². The summed E-state index contributed by atoms with van der Waals surface area (Å²) in [5, 5.41) is 5.24. The fourth-order valence-corrected chi connectivity index (χ4v) is 2.20. The third kappa shape index (κ3) is 5.22. The van der Waals surface area contributed by atoms with Gasteiger partial charge < -0.3 is 15.1 Å². The molecule has 5 nitrogen and oxygen atoms in total. The average molecular weight is 332 g/mol. The fraction of sp³-hybridized carbons (Fsp3) is 0.333. The molecule has 0 fully saturated rings. The van der Waals surface area contributed by atoms with E-state index in [0.29, 0.717) is 23.5 Å². The lowest BCUT2D eigenvalue weighted by molar-refractivity contribution is -0.126. The van der Waals surface area contributed by atoms with Crippen molar-refractivity contribution in [2.45, 2.75) is 32.7 Å². The molecule has 0 saturated heterocycles. The SMILES string of the molecule is CC(C)NC(=O)CNC(=O)CCc1ccc(-c2ccccc2F)o1. The molecule has 24 heavy (non-hydrogen) atoms. The van der Waals surface area contributed by atoms with E-state index in [1.807, 2.05) is 13.8 Å². The minimum atomic E-state index is -0.354. The third-order valence-electron chi connectivity index (χ3n) is 3.30. The van der Waals surface area contributed by atoms with Gasteiger partial charge in [-0.25, -0.2) is 4.39 Å². The molecular weight excluding hydrogens is 311 g/mol. The normalized spacial score (nSPS) is 10.7. The lowest BCUT2D eigenvalue weighted by atomic mass is 10.1. The summed E-state index contributed by atoms with van der Waals surface area (Å²) in [6.45, 7) is 3.66. The standard InChI is InChI=1S/C18H21FN2O3/c1-12(2)21-18(23)11-20-17(22)10-8-13-7-9-16(24-13)14-5-3-4-6-15(14)19/h3-7,9,12H,8,10-11H2,1-2H3,(H,20,22)(H,21,23). The number of rotatable bonds is 7. The van der Waals surface area contributed by atoms with Gasteiger partial charge in [0.25, 0.3) is 0 Å². The molecule has 1 aromatic carbocycles. The van der Waals surface area contributed by atoms with Crippen molar-refractivity contribution < 1.29 is 18.4 Å². The summed E-state index contributed by atoms with van der Waals surface area (Å²) in [5.74, 6) is 0.207. The van der Waals surface area contributed by atoms with Crippen molar-refractivity contribution in [1.82, 2.24) is 10.6 Å². The zero-order valence-corrected chi connectivity index (χ0v) is 13.8. The van der Waals surface area contributed by atoms with Crippen LogP contribution in [0.25, 0.3) is 11.3 Å². The molecule has 0 bridgehead atoms. The quantitative estimate of drug-likeness (QED) is 0.819. The minimum absolute atomic E-state index is 0.0364. The Balaban J connectivity index is 1.82. The molecule has 0 spiro atoms. The molecule has 2 amide bonds. The van der Waals surface area contributed by atoms with Gasteiger partial charge in [0.1, 0.15) is 17.3 Å². The highest BCUT2D eigenvalue weighted by molar-refractivity contribution is 5.84. The molecule has 1 heterocycles. The Labute approximate surface area is 140 Å². The minimum Gasteiger partial charge on any atom is -0.461 e. The summed E-state index contributed by atoms with van der Waals surface area (Å²) in [5.41, 5.74) is 0.388. The van der Waals surface area contributed by atoms with Crippen LogP contribution in [0.15, 0.2) is 40.8 Å². The molecule has 2 rings (SSSR count). The number of nitrogens with one attached hydrogen (secondary N) is 2. The van der Waals surface area contributed by atoms with Gasteiger partial charge in [-0.15, -0.1) is 0 Å². The van der Waals surface area contributed by atoms with Gasteiger partial charge in [-0.05, 0) is 38.1 Å². The van der Waals surface area contributed by atoms with E-state index in [-0.39, 0.29) is 36.6 Å². The Hall–Kier alpha value is -2.63. The first-order valence-corrected chi connectivity index (χ1v) is 7.85. The van der Waals surface area contributed by atoms with Crippen molar-refractivity contribution in [1.29, 1.82) is 0 Å². The first-order valence-electron chi connectivity index (χ1n) is 7.85.